The Bertz CT molecular complexity index is 799. The molecule has 1 atom stereocenters. The van der Waals surface area contributed by atoms with Crippen molar-refractivity contribution in [3.05, 3.63) is 82.7 Å². The highest BCUT2D eigenvalue weighted by Gasteiger charge is 2.17. The number of carbonyl (C=O) groups is 1. The number of ketones is 1. The summed E-state index contributed by atoms with van der Waals surface area (Å²) in [5.74, 6) is 6.22. The molecule has 0 radical (unpaired) electrons. The van der Waals surface area contributed by atoms with E-state index >= 15 is 0 Å². The number of aryl methyl sites for hydroxylation is 2. The maximum absolute atomic E-state index is 12.7. The van der Waals surface area contributed by atoms with E-state index in [9.17, 15) is 4.79 Å². The average Bonchev–Trinajstić information content (AvgIpc) is 2.68. The normalized spacial score (nSPS) is 12.6. The molecule has 150 valence electrons. The smallest absolute Gasteiger partial charge is 0.137 e. The largest absolute Gasteiger partial charge is 0.401 e. The maximum atomic E-state index is 12.7. The Morgan fingerprint density at radius 2 is 1.82 bits per heavy atom. The lowest BCUT2D eigenvalue weighted by Gasteiger charge is -2.19. The highest BCUT2D eigenvalue weighted by atomic mass is 16.1. The number of benzene rings is 2. The predicted octanol–water partition coefficient (Wildman–Crippen LogP) is 4.36. The highest BCUT2D eigenvalue weighted by Crippen LogP contribution is 2.28. The van der Waals surface area contributed by atoms with Crippen LogP contribution in [0.2, 0.25) is 0 Å². The second kappa shape index (κ2) is 10.7. The van der Waals surface area contributed by atoms with Crippen molar-refractivity contribution in [3.63, 3.8) is 0 Å². The summed E-state index contributed by atoms with van der Waals surface area (Å²) in [6.45, 7) is 6.90. The number of carbonyl (C=O) groups excluding carboxylic acids is 1. The van der Waals surface area contributed by atoms with Gasteiger partial charge in [0.25, 0.3) is 0 Å². The molecule has 4 nitrogen and oxygen atoms in total. The fraction of sp³-hybridized carbons (Fsp3) is 0.375. The summed E-state index contributed by atoms with van der Waals surface area (Å²) >= 11 is 0. The van der Waals surface area contributed by atoms with Crippen molar-refractivity contribution in [2.75, 3.05) is 6.54 Å². The van der Waals surface area contributed by atoms with E-state index in [0.29, 0.717) is 25.8 Å². The van der Waals surface area contributed by atoms with Crippen LogP contribution in [0.15, 0.2) is 60.4 Å². The Balaban J connectivity index is 2.12. The van der Waals surface area contributed by atoms with Crippen LogP contribution in [0.3, 0.4) is 0 Å². The van der Waals surface area contributed by atoms with Gasteiger partial charge in [0.2, 0.25) is 0 Å². The zero-order chi connectivity index (χ0) is 20.5. The molecule has 4 heteroatoms. The van der Waals surface area contributed by atoms with Gasteiger partial charge in [0.1, 0.15) is 5.78 Å². The average molecular weight is 380 g/mol. The Morgan fingerprint density at radius 3 is 2.46 bits per heavy atom. The lowest BCUT2D eigenvalue weighted by atomic mass is 9.86. The van der Waals surface area contributed by atoms with Crippen LogP contribution in [0, 0.1) is 13.8 Å². The number of rotatable bonds is 10. The zero-order valence-corrected chi connectivity index (χ0v) is 17.3. The first-order valence-electron chi connectivity index (χ1n) is 9.99. The van der Waals surface area contributed by atoms with Gasteiger partial charge in [-0.3, -0.25) is 4.79 Å². The molecule has 0 spiro atoms. The van der Waals surface area contributed by atoms with E-state index in [1.807, 2.05) is 37.3 Å². The molecule has 0 aromatic heterocycles. The third-order valence-electron chi connectivity index (χ3n) is 5.20. The maximum Gasteiger partial charge on any atom is 0.137 e. The number of Topliss-reactive ketones (excluding diaryl/α,β-unsaturated/α-hetero) is 1. The summed E-state index contributed by atoms with van der Waals surface area (Å²) in [5, 5.41) is 1.58. The molecular weight excluding hydrogens is 346 g/mol. The van der Waals surface area contributed by atoms with Gasteiger partial charge in [-0.1, -0.05) is 48.5 Å². The number of hydrogen-bond acceptors (Lipinski definition) is 4. The molecule has 0 saturated heterocycles. The van der Waals surface area contributed by atoms with Crippen LogP contribution in [0.25, 0.3) is 0 Å². The van der Waals surface area contributed by atoms with Gasteiger partial charge in [-0.25, -0.2) is 5.84 Å². The summed E-state index contributed by atoms with van der Waals surface area (Å²) in [7, 11) is 0. The van der Waals surface area contributed by atoms with Gasteiger partial charge in [0, 0.05) is 31.3 Å². The number of hydrogen-bond donors (Lipinski definition) is 2. The highest BCUT2D eigenvalue weighted by molar-refractivity contribution is 5.81. The molecule has 0 heterocycles. The molecule has 0 saturated carbocycles. The third-order valence-corrected chi connectivity index (χ3v) is 5.20. The van der Waals surface area contributed by atoms with E-state index in [-0.39, 0.29) is 11.7 Å². The second-order valence-electron chi connectivity index (χ2n) is 7.52. The molecule has 0 aliphatic rings. The molecular formula is C24H33N3O. The summed E-state index contributed by atoms with van der Waals surface area (Å²) in [6, 6.07) is 16.4. The standard InChI is InChI=1S/C24H33N3O/c1-4-27(26)17-23(25)13-12-22(21-11-10-18(2)19(3)14-21)16-24(28)15-20-8-6-5-7-9-20/h5-11,14,17,22H,4,12-13,15-16,25-26H2,1-3H3/b23-17-. The van der Waals surface area contributed by atoms with E-state index in [4.69, 9.17) is 11.6 Å². The predicted molar refractivity (Wildman–Crippen MR) is 116 cm³/mol. The monoisotopic (exact) mass is 379 g/mol. The molecule has 28 heavy (non-hydrogen) atoms. The van der Waals surface area contributed by atoms with Crippen molar-refractivity contribution >= 4 is 5.78 Å². The van der Waals surface area contributed by atoms with Crippen molar-refractivity contribution in [1.82, 2.24) is 5.01 Å². The van der Waals surface area contributed by atoms with Crippen LogP contribution in [-0.2, 0) is 11.2 Å². The van der Waals surface area contributed by atoms with Crippen molar-refractivity contribution in [2.45, 2.75) is 52.4 Å². The van der Waals surface area contributed by atoms with E-state index < -0.39 is 0 Å². The summed E-state index contributed by atoms with van der Waals surface area (Å²) < 4.78 is 0. The number of hydrazine groups is 1. The topological polar surface area (TPSA) is 72.3 Å². The fourth-order valence-electron chi connectivity index (χ4n) is 3.29. The van der Waals surface area contributed by atoms with Crippen molar-refractivity contribution in [2.24, 2.45) is 11.6 Å². The van der Waals surface area contributed by atoms with Crippen LogP contribution in [0.4, 0.5) is 0 Å². The molecule has 0 aliphatic carbocycles. The molecule has 2 aromatic carbocycles. The van der Waals surface area contributed by atoms with E-state index in [2.05, 4.69) is 32.0 Å². The first-order valence-corrected chi connectivity index (χ1v) is 9.99. The Morgan fingerprint density at radius 1 is 1.11 bits per heavy atom. The molecule has 0 amide bonds. The lowest BCUT2D eigenvalue weighted by molar-refractivity contribution is -0.118. The van der Waals surface area contributed by atoms with Crippen molar-refractivity contribution in [3.8, 4) is 0 Å². The minimum Gasteiger partial charge on any atom is -0.401 e. The molecule has 1 unspecified atom stereocenters. The van der Waals surface area contributed by atoms with Crippen molar-refractivity contribution in [1.29, 1.82) is 0 Å². The fourth-order valence-corrected chi connectivity index (χ4v) is 3.29. The van der Waals surface area contributed by atoms with Crippen LogP contribution in [0.1, 0.15) is 54.4 Å². The van der Waals surface area contributed by atoms with Crippen LogP contribution in [0.5, 0.6) is 0 Å². The van der Waals surface area contributed by atoms with Gasteiger partial charge in [0.05, 0.1) is 0 Å². The van der Waals surface area contributed by atoms with Gasteiger partial charge < -0.3 is 10.7 Å². The number of nitrogens with zero attached hydrogens (tertiary/aromatic N) is 1. The lowest BCUT2D eigenvalue weighted by Crippen LogP contribution is -2.26. The van der Waals surface area contributed by atoms with E-state index in [1.54, 1.807) is 11.2 Å². The van der Waals surface area contributed by atoms with Crippen LogP contribution >= 0.6 is 0 Å². The van der Waals surface area contributed by atoms with E-state index in [1.165, 1.54) is 16.7 Å². The minimum atomic E-state index is 0.148. The molecule has 4 N–H and O–H groups in total. The van der Waals surface area contributed by atoms with Gasteiger partial charge in [-0.15, -0.1) is 0 Å². The van der Waals surface area contributed by atoms with Crippen LogP contribution in [-0.4, -0.2) is 17.3 Å². The summed E-state index contributed by atoms with van der Waals surface area (Å²) in [4.78, 5) is 12.7. The molecule has 0 aliphatic heterocycles. The second-order valence-corrected chi connectivity index (χ2v) is 7.52. The SMILES string of the molecule is CCN(N)/C=C(\N)CCC(CC(=O)Cc1ccccc1)c1ccc(C)c(C)c1. The molecule has 0 bridgehead atoms. The Kier molecular flexibility index (Phi) is 8.27. The van der Waals surface area contributed by atoms with E-state index in [0.717, 1.165) is 17.7 Å². The summed E-state index contributed by atoms with van der Waals surface area (Å²) in [6.07, 6.45) is 4.31. The minimum absolute atomic E-state index is 0.148. The Hall–Kier alpha value is -2.59. The molecule has 2 aromatic rings. The van der Waals surface area contributed by atoms with Crippen molar-refractivity contribution < 1.29 is 4.79 Å². The van der Waals surface area contributed by atoms with Gasteiger partial charge in [0.15, 0.2) is 0 Å². The zero-order valence-electron chi connectivity index (χ0n) is 17.3. The first-order chi connectivity index (χ1) is 13.4. The summed E-state index contributed by atoms with van der Waals surface area (Å²) in [5.41, 5.74) is 11.7. The number of nitrogens with two attached hydrogens (primary N) is 2. The Labute approximate surface area is 169 Å². The van der Waals surface area contributed by atoms with Crippen LogP contribution < -0.4 is 11.6 Å². The third kappa shape index (κ3) is 6.86. The number of allylic oxidation sites excluding steroid dienone is 1. The van der Waals surface area contributed by atoms with Gasteiger partial charge in [-0.05, 0) is 61.8 Å². The molecule has 2 rings (SSSR count). The first kappa shape index (κ1) is 21.7. The van der Waals surface area contributed by atoms with Gasteiger partial charge in [-0.2, -0.15) is 0 Å². The van der Waals surface area contributed by atoms with Gasteiger partial charge >= 0.3 is 0 Å². The quantitative estimate of drug-likeness (QED) is 0.475. The molecule has 0 fully saturated rings.